The van der Waals surface area contributed by atoms with Gasteiger partial charge in [0.05, 0.1) is 6.42 Å². The molecule has 0 bridgehead atoms. The first-order valence-corrected chi connectivity index (χ1v) is 2.80. The van der Waals surface area contributed by atoms with Crippen LogP contribution in [0.5, 0.6) is 0 Å². The van der Waals surface area contributed by atoms with Gasteiger partial charge in [-0.2, -0.15) is 4.98 Å². The lowest BCUT2D eigenvalue weighted by Gasteiger charge is -1.86. The average molecular weight is 140 g/mol. The molecule has 0 aliphatic rings. The highest BCUT2D eigenvalue weighted by Gasteiger charge is 2.02. The topological polar surface area (TPSA) is 88.8 Å². The van der Waals surface area contributed by atoms with Crippen LogP contribution in [0.1, 0.15) is 11.7 Å². The number of hydrogen-bond donors (Lipinski definition) is 2. The van der Waals surface area contributed by atoms with Crippen LogP contribution in [0.3, 0.4) is 0 Å². The molecule has 0 aliphatic heterocycles. The van der Waals surface area contributed by atoms with Crippen molar-refractivity contribution in [3.05, 3.63) is 11.7 Å². The lowest BCUT2D eigenvalue weighted by molar-refractivity contribution is 0.384. The Balaban J connectivity index is 2.67. The van der Waals surface area contributed by atoms with Crippen LogP contribution in [0.4, 0.5) is 0 Å². The molecule has 5 heteroatoms. The molecule has 54 valence electrons. The van der Waals surface area contributed by atoms with Crippen molar-refractivity contribution in [1.82, 2.24) is 10.1 Å². The quantitative estimate of drug-likeness (QED) is 0.442. The van der Waals surface area contributed by atoms with Gasteiger partial charge >= 0.3 is 0 Å². The van der Waals surface area contributed by atoms with E-state index in [9.17, 15) is 0 Å². The van der Waals surface area contributed by atoms with Crippen LogP contribution in [-0.2, 0) is 6.42 Å². The summed E-state index contributed by atoms with van der Waals surface area (Å²) >= 11 is 0. The van der Waals surface area contributed by atoms with Crippen LogP contribution in [0.15, 0.2) is 4.52 Å². The average Bonchev–Trinajstić information content (AvgIpc) is 2.13. The van der Waals surface area contributed by atoms with E-state index in [2.05, 4.69) is 10.1 Å². The first-order chi connectivity index (χ1) is 4.68. The van der Waals surface area contributed by atoms with Crippen LogP contribution in [0, 0.1) is 12.3 Å². The number of amidine groups is 1. The van der Waals surface area contributed by atoms with E-state index >= 15 is 0 Å². The Bertz CT molecular complexity index is 242. The van der Waals surface area contributed by atoms with Crippen molar-refractivity contribution in [3.63, 3.8) is 0 Å². The smallest absolute Gasteiger partial charge is 0.234 e. The van der Waals surface area contributed by atoms with E-state index in [1.54, 1.807) is 6.92 Å². The minimum Gasteiger partial charge on any atom is -0.387 e. The van der Waals surface area contributed by atoms with Crippen molar-refractivity contribution in [3.8, 4) is 0 Å². The Labute approximate surface area is 57.7 Å². The highest BCUT2D eigenvalue weighted by atomic mass is 16.5. The summed E-state index contributed by atoms with van der Waals surface area (Å²) in [7, 11) is 0. The molecular weight excluding hydrogens is 132 g/mol. The minimum absolute atomic E-state index is 0.0312. The van der Waals surface area contributed by atoms with Crippen LogP contribution in [0.25, 0.3) is 0 Å². The van der Waals surface area contributed by atoms with Gasteiger partial charge in [-0.1, -0.05) is 5.16 Å². The number of aryl methyl sites for hydroxylation is 1. The van der Waals surface area contributed by atoms with Crippen molar-refractivity contribution >= 4 is 5.84 Å². The third-order valence-electron chi connectivity index (χ3n) is 0.911. The standard InChI is InChI=1S/C5H8N4O/c1-3-8-5(10-9-3)2-4(6)7/h2H2,1H3,(H3,6,7). The number of nitrogens with one attached hydrogen (secondary N) is 1. The summed E-state index contributed by atoms with van der Waals surface area (Å²) in [5.41, 5.74) is 5.09. The van der Waals surface area contributed by atoms with E-state index < -0.39 is 0 Å². The summed E-state index contributed by atoms with van der Waals surface area (Å²) in [6.07, 6.45) is 0.237. The Hall–Kier alpha value is -1.39. The first-order valence-electron chi connectivity index (χ1n) is 2.80. The Morgan fingerprint density at radius 3 is 2.90 bits per heavy atom. The predicted molar refractivity (Wildman–Crippen MR) is 34.7 cm³/mol. The number of nitrogens with zero attached hydrogens (tertiary/aromatic N) is 2. The zero-order valence-electron chi connectivity index (χ0n) is 5.59. The van der Waals surface area contributed by atoms with Gasteiger partial charge in [0, 0.05) is 0 Å². The molecule has 10 heavy (non-hydrogen) atoms. The summed E-state index contributed by atoms with van der Waals surface area (Å²) in [5, 5.41) is 10.4. The van der Waals surface area contributed by atoms with Gasteiger partial charge in [-0.3, -0.25) is 5.41 Å². The summed E-state index contributed by atoms with van der Waals surface area (Å²) in [4.78, 5) is 3.85. The third-order valence-corrected chi connectivity index (χ3v) is 0.911. The molecule has 0 aromatic carbocycles. The summed E-state index contributed by atoms with van der Waals surface area (Å²) in [6, 6.07) is 0. The van der Waals surface area contributed by atoms with Gasteiger partial charge in [0.2, 0.25) is 5.89 Å². The molecule has 5 nitrogen and oxygen atoms in total. The van der Waals surface area contributed by atoms with Crippen molar-refractivity contribution in [2.24, 2.45) is 5.73 Å². The van der Waals surface area contributed by atoms with Gasteiger partial charge in [0.15, 0.2) is 5.82 Å². The highest BCUT2D eigenvalue weighted by molar-refractivity contribution is 5.78. The van der Waals surface area contributed by atoms with Crippen molar-refractivity contribution < 1.29 is 4.52 Å². The molecule has 0 aliphatic carbocycles. The van der Waals surface area contributed by atoms with Gasteiger partial charge in [-0.05, 0) is 6.92 Å². The second-order valence-corrected chi connectivity index (χ2v) is 1.94. The van der Waals surface area contributed by atoms with Gasteiger partial charge in [-0.25, -0.2) is 0 Å². The molecule has 1 rings (SSSR count). The zero-order chi connectivity index (χ0) is 7.56. The van der Waals surface area contributed by atoms with E-state index in [0.29, 0.717) is 11.7 Å². The molecular formula is C5H8N4O. The van der Waals surface area contributed by atoms with Gasteiger partial charge < -0.3 is 10.3 Å². The molecule has 1 aromatic heterocycles. The van der Waals surface area contributed by atoms with Gasteiger partial charge in [0.1, 0.15) is 5.84 Å². The van der Waals surface area contributed by atoms with Crippen molar-refractivity contribution in [2.45, 2.75) is 13.3 Å². The summed E-state index contributed by atoms with van der Waals surface area (Å²) in [5.74, 6) is 0.991. The fraction of sp³-hybridized carbons (Fsp3) is 0.400. The van der Waals surface area contributed by atoms with E-state index in [-0.39, 0.29) is 12.3 Å². The van der Waals surface area contributed by atoms with E-state index in [1.807, 2.05) is 0 Å². The Morgan fingerprint density at radius 2 is 2.50 bits per heavy atom. The van der Waals surface area contributed by atoms with E-state index in [4.69, 9.17) is 15.7 Å². The zero-order valence-corrected chi connectivity index (χ0v) is 5.59. The number of aromatic nitrogens is 2. The number of rotatable bonds is 2. The van der Waals surface area contributed by atoms with E-state index in [1.165, 1.54) is 0 Å². The minimum atomic E-state index is 0.0312. The van der Waals surface area contributed by atoms with Crippen LogP contribution >= 0.6 is 0 Å². The maximum atomic E-state index is 6.89. The third kappa shape index (κ3) is 1.54. The molecule has 1 heterocycles. The maximum Gasteiger partial charge on any atom is 0.234 e. The summed E-state index contributed by atoms with van der Waals surface area (Å²) in [6.45, 7) is 1.72. The molecule has 0 radical (unpaired) electrons. The molecule has 0 amide bonds. The first kappa shape index (κ1) is 6.73. The summed E-state index contributed by atoms with van der Waals surface area (Å²) < 4.78 is 4.69. The van der Waals surface area contributed by atoms with Gasteiger partial charge in [-0.15, -0.1) is 0 Å². The molecule has 0 unspecified atom stereocenters. The molecule has 0 saturated heterocycles. The van der Waals surface area contributed by atoms with Crippen molar-refractivity contribution in [1.29, 1.82) is 5.41 Å². The second-order valence-electron chi connectivity index (χ2n) is 1.94. The Morgan fingerprint density at radius 1 is 1.80 bits per heavy atom. The molecule has 0 spiro atoms. The molecule has 0 fully saturated rings. The van der Waals surface area contributed by atoms with Crippen LogP contribution in [0.2, 0.25) is 0 Å². The largest absolute Gasteiger partial charge is 0.387 e. The fourth-order valence-electron chi connectivity index (χ4n) is 0.575. The SMILES string of the molecule is Cc1noc(CC(=N)N)n1. The monoisotopic (exact) mass is 140 g/mol. The molecule has 1 aromatic rings. The Kier molecular flexibility index (Phi) is 1.66. The van der Waals surface area contributed by atoms with Gasteiger partial charge in [0.25, 0.3) is 0 Å². The molecule has 0 saturated carbocycles. The van der Waals surface area contributed by atoms with E-state index in [0.717, 1.165) is 0 Å². The normalized spacial score (nSPS) is 9.70. The predicted octanol–water partition coefficient (Wildman–Crippen LogP) is -0.144. The molecule has 3 N–H and O–H groups in total. The van der Waals surface area contributed by atoms with Crippen molar-refractivity contribution in [2.75, 3.05) is 0 Å². The fourth-order valence-corrected chi connectivity index (χ4v) is 0.575. The number of nitrogens with two attached hydrogens (primary N) is 1. The second kappa shape index (κ2) is 2.47. The molecule has 0 atom stereocenters. The lowest BCUT2D eigenvalue weighted by atomic mass is 10.4. The van der Waals surface area contributed by atoms with Crippen LogP contribution < -0.4 is 5.73 Å². The van der Waals surface area contributed by atoms with Crippen LogP contribution in [-0.4, -0.2) is 16.0 Å². The lowest BCUT2D eigenvalue weighted by Crippen LogP contribution is -2.12. The maximum absolute atomic E-state index is 6.89. The highest BCUT2D eigenvalue weighted by Crippen LogP contribution is 1.95. The number of hydrogen-bond acceptors (Lipinski definition) is 4.